The summed E-state index contributed by atoms with van der Waals surface area (Å²) in [5.41, 5.74) is 5.87. The van der Waals surface area contributed by atoms with Gasteiger partial charge < -0.3 is 15.9 Å². The van der Waals surface area contributed by atoms with Gasteiger partial charge in [0.2, 0.25) is 0 Å². The summed E-state index contributed by atoms with van der Waals surface area (Å²) in [6.45, 7) is 0. The molecule has 0 spiro atoms. The minimum Gasteiger partial charge on any atom is -0.481 e. The molecule has 0 bridgehead atoms. The van der Waals surface area contributed by atoms with Crippen molar-refractivity contribution in [2.24, 2.45) is 5.73 Å². The van der Waals surface area contributed by atoms with Crippen LogP contribution >= 0.6 is 0 Å². The SMILES string of the molecule is N[C@H](CCCCCCCC(=O)O)CCCC(=O)O. The van der Waals surface area contributed by atoms with Gasteiger partial charge in [-0.1, -0.05) is 25.7 Å². The van der Waals surface area contributed by atoms with Crippen LogP contribution in [0.4, 0.5) is 0 Å². The summed E-state index contributed by atoms with van der Waals surface area (Å²) in [6.07, 6.45) is 7.68. The van der Waals surface area contributed by atoms with Crippen molar-refractivity contribution in [3.8, 4) is 0 Å². The summed E-state index contributed by atoms with van der Waals surface area (Å²) in [6, 6.07) is 0.100. The normalized spacial score (nSPS) is 12.3. The molecule has 0 rings (SSSR count). The van der Waals surface area contributed by atoms with Gasteiger partial charge in [-0.25, -0.2) is 0 Å². The van der Waals surface area contributed by atoms with Gasteiger partial charge >= 0.3 is 11.9 Å². The summed E-state index contributed by atoms with van der Waals surface area (Å²) in [4.78, 5) is 20.6. The van der Waals surface area contributed by atoms with Gasteiger partial charge in [-0.2, -0.15) is 0 Å². The van der Waals surface area contributed by atoms with Gasteiger partial charge in [-0.05, 0) is 25.7 Å². The molecule has 0 unspecified atom stereocenters. The van der Waals surface area contributed by atoms with Gasteiger partial charge in [-0.15, -0.1) is 0 Å². The maximum Gasteiger partial charge on any atom is 0.303 e. The number of rotatable bonds is 12. The average molecular weight is 259 g/mol. The number of unbranched alkanes of at least 4 members (excludes halogenated alkanes) is 4. The van der Waals surface area contributed by atoms with E-state index in [9.17, 15) is 9.59 Å². The van der Waals surface area contributed by atoms with E-state index in [-0.39, 0.29) is 18.9 Å². The van der Waals surface area contributed by atoms with Crippen molar-refractivity contribution in [2.45, 2.75) is 70.3 Å². The Morgan fingerprint density at radius 3 is 1.83 bits per heavy atom. The van der Waals surface area contributed by atoms with Crippen molar-refractivity contribution in [3.05, 3.63) is 0 Å². The molecule has 0 aromatic rings. The van der Waals surface area contributed by atoms with Crippen molar-refractivity contribution >= 4 is 11.9 Å². The number of hydrogen-bond donors (Lipinski definition) is 3. The Morgan fingerprint density at radius 2 is 1.22 bits per heavy atom. The first kappa shape index (κ1) is 16.9. The van der Waals surface area contributed by atoms with Crippen LogP contribution in [0.2, 0.25) is 0 Å². The highest BCUT2D eigenvalue weighted by Gasteiger charge is 2.04. The summed E-state index contributed by atoms with van der Waals surface area (Å²) in [5, 5.41) is 16.9. The van der Waals surface area contributed by atoms with E-state index >= 15 is 0 Å². The van der Waals surface area contributed by atoms with Crippen molar-refractivity contribution in [1.29, 1.82) is 0 Å². The minimum atomic E-state index is -0.763. The van der Waals surface area contributed by atoms with Crippen molar-refractivity contribution < 1.29 is 19.8 Å². The van der Waals surface area contributed by atoms with Crippen LogP contribution < -0.4 is 5.73 Å². The van der Waals surface area contributed by atoms with Gasteiger partial charge in [0.15, 0.2) is 0 Å². The van der Waals surface area contributed by atoms with E-state index in [2.05, 4.69) is 0 Å². The van der Waals surface area contributed by atoms with Crippen LogP contribution in [0.3, 0.4) is 0 Å². The first-order valence-corrected chi connectivity index (χ1v) is 6.71. The fraction of sp³-hybridized carbons (Fsp3) is 0.846. The second-order valence-corrected chi connectivity index (χ2v) is 4.75. The average Bonchev–Trinajstić information content (AvgIpc) is 2.26. The van der Waals surface area contributed by atoms with Crippen molar-refractivity contribution in [3.63, 3.8) is 0 Å². The molecule has 5 heteroatoms. The predicted octanol–water partition coefficient (Wildman–Crippen LogP) is 2.38. The maximum atomic E-state index is 10.3. The zero-order chi connectivity index (χ0) is 13.8. The number of carboxylic acid groups (broad SMARTS) is 2. The van der Waals surface area contributed by atoms with E-state index in [4.69, 9.17) is 15.9 Å². The molecule has 0 aromatic carbocycles. The number of hydrogen-bond acceptors (Lipinski definition) is 3. The zero-order valence-electron chi connectivity index (χ0n) is 10.9. The van der Waals surface area contributed by atoms with E-state index in [1.807, 2.05) is 0 Å². The third kappa shape index (κ3) is 13.0. The summed E-state index contributed by atoms with van der Waals surface area (Å²) < 4.78 is 0. The topological polar surface area (TPSA) is 101 Å². The quantitative estimate of drug-likeness (QED) is 0.467. The van der Waals surface area contributed by atoms with Crippen LogP contribution in [0, 0.1) is 0 Å². The summed E-state index contributed by atoms with van der Waals surface area (Å²) >= 11 is 0. The molecule has 0 aliphatic rings. The molecule has 0 aromatic heterocycles. The Hall–Kier alpha value is -1.10. The molecule has 0 radical (unpaired) electrons. The van der Waals surface area contributed by atoms with Crippen LogP contribution in [0.15, 0.2) is 0 Å². The minimum absolute atomic E-state index is 0.100. The first-order valence-electron chi connectivity index (χ1n) is 6.71. The third-order valence-electron chi connectivity index (χ3n) is 2.93. The van der Waals surface area contributed by atoms with Gasteiger partial charge in [0, 0.05) is 18.9 Å². The third-order valence-corrected chi connectivity index (χ3v) is 2.93. The lowest BCUT2D eigenvalue weighted by atomic mass is 10.0. The summed E-state index contributed by atoms with van der Waals surface area (Å²) in [7, 11) is 0. The molecule has 0 aliphatic carbocycles. The number of carboxylic acids is 2. The molecule has 0 fully saturated rings. The number of aliphatic carboxylic acids is 2. The van der Waals surface area contributed by atoms with Crippen LogP contribution in [0.25, 0.3) is 0 Å². The lowest BCUT2D eigenvalue weighted by Crippen LogP contribution is -2.19. The number of nitrogens with two attached hydrogens (primary N) is 1. The predicted molar refractivity (Wildman–Crippen MR) is 69.4 cm³/mol. The lowest BCUT2D eigenvalue weighted by Gasteiger charge is -2.10. The van der Waals surface area contributed by atoms with Crippen LogP contribution in [-0.2, 0) is 9.59 Å². The van der Waals surface area contributed by atoms with Crippen LogP contribution in [0.1, 0.15) is 64.2 Å². The highest BCUT2D eigenvalue weighted by atomic mass is 16.4. The fourth-order valence-corrected chi connectivity index (χ4v) is 1.87. The Bertz CT molecular complexity index is 243. The molecule has 1 atom stereocenters. The van der Waals surface area contributed by atoms with E-state index in [1.165, 1.54) is 0 Å². The Labute approximate surface area is 108 Å². The molecule has 4 N–H and O–H groups in total. The van der Waals surface area contributed by atoms with Gasteiger partial charge in [0.1, 0.15) is 0 Å². The van der Waals surface area contributed by atoms with Crippen LogP contribution in [0.5, 0.6) is 0 Å². The zero-order valence-corrected chi connectivity index (χ0v) is 10.9. The van der Waals surface area contributed by atoms with Gasteiger partial charge in [0.25, 0.3) is 0 Å². The maximum absolute atomic E-state index is 10.3. The highest BCUT2D eigenvalue weighted by Crippen LogP contribution is 2.10. The molecular weight excluding hydrogens is 234 g/mol. The molecule has 0 aliphatic heterocycles. The second kappa shape index (κ2) is 11.0. The fourth-order valence-electron chi connectivity index (χ4n) is 1.87. The molecule has 0 heterocycles. The van der Waals surface area contributed by atoms with Crippen molar-refractivity contribution in [1.82, 2.24) is 0 Å². The molecular formula is C13H25NO4. The molecule has 0 amide bonds. The molecule has 18 heavy (non-hydrogen) atoms. The lowest BCUT2D eigenvalue weighted by molar-refractivity contribution is -0.138. The standard InChI is InChI=1S/C13H25NO4/c14-11(8-6-10-13(17)18)7-4-2-1-3-5-9-12(15)16/h11H,1-10,14H2,(H,15,16)(H,17,18)/t11-/m1/s1. The van der Waals surface area contributed by atoms with Crippen LogP contribution in [-0.4, -0.2) is 28.2 Å². The number of carbonyl (C=O) groups is 2. The summed E-state index contributed by atoms with van der Waals surface area (Å²) in [5.74, 6) is -1.49. The highest BCUT2D eigenvalue weighted by molar-refractivity contribution is 5.66. The van der Waals surface area contributed by atoms with E-state index in [0.717, 1.165) is 44.9 Å². The van der Waals surface area contributed by atoms with Gasteiger partial charge in [-0.3, -0.25) is 9.59 Å². The monoisotopic (exact) mass is 259 g/mol. The van der Waals surface area contributed by atoms with E-state index in [0.29, 0.717) is 6.42 Å². The van der Waals surface area contributed by atoms with Crippen molar-refractivity contribution in [2.75, 3.05) is 0 Å². The largest absolute Gasteiger partial charge is 0.481 e. The Balaban J connectivity index is 3.22. The van der Waals surface area contributed by atoms with E-state index in [1.54, 1.807) is 0 Å². The smallest absolute Gasteiger partial charge is 0.303 e. The molecule has 106 valence electrons. The molecule has 5 nitrogen and oxygen atoms in total. The van der Waals surface area contributed by atoms with E-state index < -0.39 is 11.9 Å². The van der Waals surface area contributed by atoms with Gasteiger partial charge in [0.05, 0.1) is 0 Å². The molecule has 0 saturated carbocycles. The Kier molecular flexibility index (Phi) is 10.3. The first-order chi connectivity index (χ1) is 8.52. The Morgan fingerprint density at radius 1 is 0.778 bits per heavy atom. The second-order valence-electron chi connectivity index (χ2n) is 4.75. The molecule has 0 saturated heterocycles.